The van der Waals surface area contributed by atoms with E-state index in [2.05, 4.69) is 14.6 Å². The molecule has 0 bridgehead atoms. The first-order valence-electron chi connectivity index (χ1n) is 6.23. The molecular formula is C13H21NO5. The maximum Gasteiger partial charge on any atom is 0.305 e. The maximum atomic E-state index is 10.9. The van der Waals surface area contributed by atoms with E-state index in [9.17, 15) is 9.59 Å². The number of nitrogens with zero attached hydrogens (tertiary/aromatic N) is 1. The average Bonchev–Trinajstić information content (AvgIpc) is 2.92. The Kier molecular flexibility index (Phi) is 9.12. The number of aryl methyl sites for hydroxylation is 2. The molecule has 0 aliphatic heterocycles. The number of carbonyl (C=O) groups excluding carboxylic acids is 2. The van der Waals surface area contributed by atoms with Gasteiger partial charge in [0.05, 0.1) is 32.8 Å². The molecule has 1 aromatic rings. The minimum Gasteiger partial charge on any atom is -0.469 e. The van der Waals surface area contributed by atoms with Gasteiger partial charge in [-0.05, 0) is 0 Å². The molecule has 0 radical (unpaired) electrons. The van der Waals surface area contributed by atoms with Crippen LogP contribution in [-0.4, -0.2) is 31.3 Å². The number of methoxy groups -OCH3 is 2. The minimum atomic E-state index is -0.294. The molecule has 6 heteroatoms. The van der Waals surface area contributed by atoms with Crippen molar-refractivity contribution in [2.75, 3.05) is 14.2 Å². The van der Waals surface area contributed by atoms with Crippen LogP contribution < -0.4 is 0 Å². The Balaban J connectivity index is 0.00000154. The van der Waals surface area contributed by atoms with E-state index in [4.69, 9.17) is 4.52 Å². The van der Waals surface area contributed by atoms with Gasteiger partial charge in [0.25, 0.3) is 0 Å². The lowest BCUT2D eigenvalue weighted by Gasteiger charge is -1.95. The largest absolute Gasteiger partial charge is 0.469 e. The van der Waals surface area contributed by atoms with Crippen LogP contribution in [0.3, 0.4) is 0 Å². The monoisotopic (exact) mass is 271 g/mol. The van der Waals surface area contributed by atoms with Crippen molar-refractivity contribution in [3.63, 3.8) is 0 Å². The zero-order valence-corrected chi connectivity index (χ0v) is 11.9. The first kappa shape index (κ1) is 17.2. The summed E-state index contributed by atoms with van der Waals surface area (Å²) in [6.07, 6.45) is 1.42. The predicted octanol–water partition coefficient (Wildman–Crippen LogP) is 1.91. The molecule has 0 saturated heterocycles. The fourth-order valence-electron chi connectivity index (χ4n) is 1.25. The average molecular weight is 271 g/mol. The molecule has 0 N–H and O–H groups in total. The number of rotatable bonds is 6. The van der Waals surface area contributed by atoms with Crippen LogP contribution in [0.25, 0.3) is 0 Å². The molecule has 0 fully saturated rings. The molecule has 1 aromatic heterocycles. The first-order valence-corrected chi connectivity index (χ1v) is 6.23. The van der Waals surface area contributed by atoms with Crippen molar-refractivity contribution in [3.05, 3.63) is 17.5 Å². The maximum absolute atomic E-state index is 10.9. The van der Waals surface area contributed by atoms with Crippen LogP contribution in [0.4, 0.5) is 0 Å². The van der Waals surface area contributed by atoms with Crippen LogP contribution in [0.5, 0.6) is 0 Å². The topological polar surface area (TPSA) is 78.6 Å². The molecule has 6 nitrogen and oxygen atoms in total. The quantitative estimate of drug-likeness (QED) is 0.735. The van der Waals surface area contributed by atoms with Gasteiger partial charge in [0, 0.05) is 18.9 Å². The highest BCUT2D eigenvalue weighted by atomic mass is 16.5. The van der Waals surface area contributed by atoms with Crippen molar-refractivity contribution in [1.29, 1.82) is 0 Å². The molecule has 1 rings (SSSR count). The smallest absolute Gasteiger partial charge is 0.305 e. The summed E-state index contributed by atoms with van der Waals surface area (Å²) in [6, 6.07) is 1.73. The normalized spacial score (nSPS) is 9.26. The molecule has 0 spiro atoms. The fourth-order valence-corrected chi connectivity index (χ4v) is 1.25. The lowest BCUT2D eigenvalue weighted by atomic mass is 10.2. The number of ether oxygens (including phenoxy) is 2. The van der Waals surface area contributed by atoms with E-state index >= 15 is 0 Å². The van der Waals surface area contributed by atoms with Gasteiger partial charge in [-0.1, -0.05) is 19.0 Å². The Morgan fingerprint density at radius 1 is 1.11 bits per heavy atom. The third kappa shape index (κ3) is 7.23. The minimum absolute atomic E-state index is 0.252. The Bertz CT molecular complexity index is 352. The number of hydrogen-bond donors (Lipinski definition) is 0. The molecule has 1 heterocycles. The van der Waals surface area contributed by atoms with Crippen molar-refractivity contribution < 1.29 is 23.6 Å². The van der Waals surface area contributed by atoms with E-state index in [1.807, 2.05) is 13.8 Å². The van der Waals surface area contributed by atoms with E-state index in [-0.39, 0.29) is 24.8 Å². The third-order valence-electron chi connectivity index (χ3n) is 2.22. The SMILES string of the molecule is CC.COC(=O)CCc1cc(CCC(=O)OC)on1. The Morgan fingerprint density at radius 2 is 1.63 bits per heavy atom. The van der Waals surface area contributed by atoms with Crippen molar-refractivity contribution in [3.8, 4) is 0 Å². The second-order valence-electron chi connectivity index (χ2n) is 3.44. The molecule has 0 aromatic carbocycles. The molecule has 0 aliphatic rings. The lowest BCUT2D eigenvalue weighted by Crippen LogP contribution is -2.02. The van der Waals surface area contributed by atoms with E-state index in [0.29, 0.717) is 24.3 Å². The second-order valence-corrected chi connectivity index (χ2v) is 3.44. The molecule has 0 amide bonds. The van der Waals surface area contributed by atoms with Gasteiger partial charge in [0.15, 0.2) is 0 Å². The zero-order chi connectivity index (χ0) is 14.7. The van der Waals surface area contributed by atoms with E-state index in [0.717, 1.165) is 0 Å². The van der Waals surface area contributed by atoms with Crippen LogP contribution in [0.2, 0.25) is 0 Å². The van der Waals surface area contributed by atoms with Gasteiger partial charge < -0.3 is 14.0 Å². The molecule has 0 saturated carbocycles. The van der Waals surface area contributed by atoms with Gasteiger partial charge in [-0.3, -0.25) is 9.59 Å². The highest BCUT2D eigenvalue weighted by Crippen LogP contribution is 2.09. The van der Waals surface area contributed by atoms with Crippen molar-refractivity contribution in [2.24, 2.45) is 0 Å². The molecule has 108 valence electrons. The molecule has 0 aliphatic carbocycles. The Hall–Kier alpha value is -1.85. The summed E-state index contributed by atoms with van der Waals surface area (Å²) in [6.45, 7) is 4.00. The van der Waals surface area contributed by atoms with Gasteiger partial charge in [0.2, 0.25) is 0 Å². The molecule has 0 unspecified atom stereocenters. The summed E-state index contributed by atoms with van der Waals surface area (Å²) < 4.78 is 14.0. The van der Waals surface area contributed by atoms with Crippen LogP contribution in [0, 0.1) is 0 Å². The van der Waals surface area contributed by atoms with Crippen LogP contribution in [0.1, 0.15) is 38.1 Å². The molecular weight excluding hydrogens is 250 g/mol. The predicted molar refractivity (Wildman–Crippen MR) is 68.5 cm³/mol. The Morgan fingerprint density at radius 3 is 2.16 bits per heavy atom. The van der Waals surface area contributed by atoms with Crippen LogP contribution >= 0.6 is 0 Å². The van der Waals surface area contributed by atoms with Crippen LogP contribution in [0.15, 0.2) is 10.6 Å². The number of hydrogen-bond acceptors (Lipinski definition) is 6. The summed E-state index contributed by atoms with van der Waals surface area (Å²) in [5.74, 6) is 0.0249. The van der Waals surface area contributed by atoms with E-state index in [1.165, 1.54) is 14.2 Å². The number of esters is 2. The first-order chi connectivity index (χ1) is 9.15. The van der Waals surface area contributed by atoms with Crippen molar-refractivity contribution in [1.82, 2.24) is 5.16 Å². The summed E-state index contributed by atoms with van der Waals surface area (Å²) in [5.41, 5.74) is 0.676. The second kappa shape index (κ2) is 10.1. The molecule has 0 atom stereocenters. The summed E-state index contributed by atoms with van der Waals surface area (Å²) in [5, 5.41) is 3.79. The van der Waals surface area contributed by atoms with Crippen molar-refractivity contribution >= 4 is 11.9 Å². The zero-order valence-electron chi connectivity index (χ0n) is 11.9. The molecule has 19 heavy (non-hydrogen) atoms. The van der Waals surface area contributed by atoms with Gasteiger partial charge in [-0.2, -0.15) is 0 Å². The van der Waals surface area contributed by atoms with Gasteiger partial charge in [-0.15, -0.1) is 0 Å². The van der Waals surface area contributed by atoms with Crippen LogP contribution in [-0.2, 0) is 31.9 Å². The number of carbonyl (C=O) groups is 2. The Labute approximate surface area is 113 Å². The van der Waals surface area contributed by atoms with Gasteiger partial charge in [-0.25, -0.2) is 0 Å². The lowest BCUT2D eigenvalue weighted by molar-refractivity contribution is -0.141. The summed E-state index contributed by atoms with van der Waals surface area (Å²) >= 11 is 0. The van der Waals surface area contributed by atoms with Gasteiger partial charge in [0.1, 0.15) is 5.76 Å². The standard InChI is InChI=1S/C11H15NO5.C2H6/c1-15-10(13)5-3-8-7-9(17-12-8)4-6-11(14)16-2;1-2/h7H,3-6H2,1-2H3;1-2H3. The van der Waals surface area contributed by atoms with E-state index < -0.39 is 0 Å². The van der Waals surface area contributed by atoms with Crippen molar-refractivity contribution in [2.45, 2.75) is 39.5 Å². The number of aromatic nitrogens is 1. The summed E-state index contributed by atoms with van der Waals surface area (Å²) in [4.78, 5) is 21.8. The fraction of sp³-hybridized carbons (Fsp3) is 0.615. The third-order valence-corrected chi connectivity index (χ3v) is 2.22. The van der Waals surface area contributed by atoms with Gasteiger partial charge >= 0.3 is 11.9 Å². The van der Waals surface area contributed by atoms with E-state index in [1.54, 1.807) is 6.07 Å². The highest BCUT2D eigenvalue weighted by Gasteiger charge is 2.09. The highest BCUT2D eigenvalue weighted by molar-refractivity contribution is 5.69. The summed E-state index contributed by atoms with van der Waals surface area (Å²) in [7, 11) is 2.68.